The summed E-state index contributed by atoms with van der Waals surface area (Å²) in [5.74, 6) is 1.17. The fourth-order valence-corrected chi connectivity index (χ4v) is 4.79. The number of hydrogen-bond donors (Lipinski definition) is 0. The number of aryl methyl sites for hydroxylation is 2. The lowest BCUT2D eigenvalue weighted by Crippen LogP contribution is -2.38. The van der Waals surface area contributed by atoms with Crippen LogP contribution in [0.4, 0.5) is 0 Å². The Morgan fingerprint density at radius 3 is 2.89 bits per heavy atom. The van der Waals surface area contributed by atoms with Crippen molar-refractivity contribution < 1.29 is 9.32 Å². The number of carbonyl (C=O) groups excluding carboxylic acids is 1. The minimum atomic E-state index is 0.142. The SMILES string of the molecule is Cc1nc(C2CCN(C(=O)CCc3cc(Cl)no3)CC2)sc1-c1ccncn1. The van der Waals surface area contributed by atoms with Gasteiger partial charge in [-0.25, -0.2) is 15.0 Å². The molecule has 0 unspecified atom stereocenters. The van der Waals surface area contributed by atoms with E-state index in [1.807, 2.05) is 17.9 Å². The molecule has 1 fully saturated rings. The van der Waals surface area contributed by atoms with Gasteiger partial charge in [-0.15, -0.1) is 11.3 Å². The van der Waals surface area contributed by atoms with Gasteiger partial charge in [0.25, 0.3) is 0 Å². The van der Waals surface area contributed by atoms with E-state index in [9.17, 15) is 4.79 Å². The number of carbonyl (C=O) groups is 1. The van der Waals surface area contributed by atoms with Crippen molar-refractivity contribution in [3.05, 3.63) is 46.3 Å². The zero-order valence-corrected chi connectivity index (χ0v) is 17.0. The Balaban J connectivity index is 1.33. The smallest absolute Gasteiger partial charge is 0.223 e. The van der Waals surface area contributed by atoms with Gasteiger partial charge in [0.15, 0.2) is 5.15 Å². The van der Waals surface area contributed by atoms with Crippen LogP contribution in [0.1, 0.15) is 41.6 Å². The fourth-order valence-electron chi connectivity index (χ4n) is 3.42. The minimum absolute atomic E-state index is 0.142. The van der Waals surface area contributed by atoms with Crippen LogP contribution in [0.5, 0.6) is 0 Å². The number of amides is 1. The third-order valence-corrected chi connectivity index (χ3v) is 6.46. The lowest BCUT2D eigenvalue weighted by Gasteiger charge is -2.31. The zero-order valence-electron chi connectivity index (χ0n) is 15.5. The molecule has 1 aliphatic heterocycles. The van der Waals surface area contributed by atoms with Crippen LogP contribution in [0.2, 0.25) is 5.15 Å². The van der Waals surface area contributed by atoms with Crippen LogP contribution in [-0.2, 0) is 11.2 Å². The van der Waals surface area contributed by atoms with Gasteiger partial charge in [0, 0.05) is 44.1 Å². The molecule has 0 saturated carbocycles. The lowest BCUT2D eigenvalue weighted by molar-refractivity contribution is -0.132. The van der Waals surface area contributed by atoms with Gasteiger partial charge in [-0.1, -0.05) is 16.8 Å². The van der Waals surface area contributed by atoms with Crippen molar-refractivity contribution in [2.75, 3.05) is 13.1 Å². The molecule has 1 aliphatic rings. The van der Waals surface area contributed by atoms with Gasteiger partial charge >= 0.3 is 0 Å². The normalized spacial score (nSPS) is 15.1. The minimum Gasteiger partial charge on any atom is -0.360 e. The quantitative estimate of drug-likeness (QED) is 0.626. The number of rotatable bonds is 5. The summed E-state index contributed by atoms with van der Waals surface area (Å²) in [5.41, 5.74) is 1.92. The van der Waals surface area contributed by atoms with E-state index in [-0.39, 0.29) is 5.91 Å². The molecule has 4 rings (SSSR count). The molecule has 1 saturated heterocycles. The number of likely N-dealkylation sites (tertiary alicyclic amines) is 1. The molecule has 28 heavy (non-hydrogen) atoms. The molecule has 0 N–H and O–H groups in total. The van der Waals surface area contributed by atoms with Crippen LogP contribution in [0.15, 0.2) is 29.2 Å². The number of thiazole rings is 1. The Kier molecular flexibility index (Phi) is 5.68. The monoisotopic (exact) mass is 417 g/mol. The van der Waals surface area contributed by atoms with Crippen molar-refractivity contribution in [2.24, 2.45) is 0 Å². The number of aromatic nitrogens is 4. The molecule has 146 valence electrons. The zero-order chi connectivity index (χ0) is 19.5. The van der Waals surface area contributed by atoms with Gasteiger partial charge in [0.1, 0.15) is 12.1 Å². The molecule has 0 bridgehead atoms. The van der Waals surface area contributed by atoms with Crippen LogP contribution in [0.25, 0.3) is 10.6 Å². The summed E-state index contributed by atoms with van der Waals surface area (Å²) < 4.78 is 5.06. The Labute approximate surface area is 171 Å². The molecule has 3 aromatic rings. The van der Waals surface area contributed by atoms with Gasteiger partial charge < -0.3 is 9.42 Å². The van der Waals surface area contributed by atoms with E-state index in [2.05, 4.69) is 15.1 Å². The summed E-state index contributed by atoms with van der Waals surface area (Å²) in [5, 5.41) is 5.09. The maximum Gasteiger partial charge on any atom is 0.223 e. The second-order valence-electron chi connectivity index (χ2n) is 6.83. The highest BCUT2D eigenvalue weighted by atomic mass is 35.5. The number of piperidine rings is 1. The van der Waals surface area contributed by atoms with Gasteiger partial charge in [-0.05, 0) is 25.8 Å². The molecule has 4 heterocycles. The third-order valence-electron chi connectivity index (χ3n) is 4.94. The van der Waals surface area contributed by atoms with E-state index in [0.717, 1.165) is 47.2 Å². The number of hydrogen-bond acceptors (Lipinski definition) is 7. The Hall–Kier alpha value is -2.32. The summed E-state index contributed by atoms with van der Waals surface area (Å²) in [6, 6.07) is 3.56. The van der Waals surface area contributed by atoms with Crippen molar-refractivity contribution in [1.29, 1.82) is 0 Å². The molecular weight excluding hydrogens is 398 g/mol. The van der Waals surface area contributed by atoms with Crippen LogP contribution >= 0.6 is 22.9 Å². The van der Waals surface area contributed by atoms with Crippen LogP contribution in [-0.4, -0.2) is 44.0 Å². The first-order valence-electron chi connectivity index (χ1n) is 9.22. The van der Waals surface area contributed by atoms with Crippen LogP contribution < -0.4 is 0 Å². The molecule has 0 aliphatic carbocycles. The molecule has 3 aromatic heterocycles. The average Bonchev–Trinajstić information content (AvgIpc) is 3.32. The highest BCUT2D eigenvalue weighted by Crippen LogP contribution is 2.36. The molecule has 0 atom stereocenters. The Bertz CT molecular complexity index is 950. The largest absolute Gasteiger partial charge is 0.360 e. The van der Waals surface area contributed by atoms with Crippen molar-refractivity contribution in [1.82, 2.24) is 25.0 Å². The molecule has 0 aromatic carbocycles. The van der Waals surface area contributed by atoms with Gasteiger partial charge in [0.2, 0.25) is 5.91 Å². The van der Waals surface area contributed by atoms with Crippen molar-refractivity contribution in [3.63, 3.8) is 0 Å². The van der Waals surface area contributed by atoms with Crippen molar-refractivity contribution in [3.8, 4) is 10.6 Å². The van der Waals surface area contributed by atoms with Gasteiger partial charge in [0.05, 0.1) is 21.3 Å². The molecule has 0 spiro atoms. The van der Waals surface area contributed by atoms with E-state index in [1.54, 1.807) is 29.9 Å². The maximum atomic E-state index is 12.5. The summed E-state index contributed by atoms with van der Waals surface area (Å²) in [6.45, 7) is 3.52. The molecule has 7 nitrogen and oxygen atoms in total. The number of nitrogens with zero attached hydrogens (tertiary/aromatic N) is 5. The highest BCUT2D eigenvalue weighted by molar-refractivity contribution is 7.15. The summed E-state index contributed by atoms with van der Waals surface area (Å²) in [6.07, 6.45) is 6.09. The second kappa shape index (κ2) is 8.36. The molecule has 9 heteroatoms. The van der Waals surface area contributed by atoms with Gasteiger partial charge in [-0.2, -0.15) is 0 Å². The summed E-state index contributed by atoms with van der Waals surface area (Å²) in [4.78, 5) is 28.6. The first-order valence-corrected chi connectivity index (χ1v) is 10.4. The first-order chi connectivity index (χ1) is 13.6. The predicted molar refractivity (Wildman–Crippen MR) is 106 cm³/mol. The Morgan fingerprint density at radius 2 is 2.21 bits per heavy atom. The second-order valence-corrected chi connectivity index (χ2v) is 8.25. The number of halogens is 1. The van der Waals surface area contributed by atoms with E-state index < -0.39 is 0 Å². The van der Waals surface area contributed by atoms with Gasteiger partial charge in [-0.3, -0.25) is 4.79 Å². The van der Waals surface area contributed by atoms with E-state index in [4.69, 9.17) is 21.1 Å². The van der Waals surface area contributed by atoms with E-state index in [1.165, 1.54) is 0 Å². The molecular formula is C19H20ClN5O2S. The summed E-state index contributed by atoms with van der Waals surface area (Å²) in [7, 11) is 0. The lowest BCUT2D eigenvalue weighted by atomic mass is 9.97. The van der Waals surface area contributed by atoms with Crippen LogP contribution in [0.3, 0.4) is 0 Å². The standard InChI is InChI=1S/C19H20ClN5O2S/c1-12-18(15-4-7-21-11-22-15)28-19(23-12)13-5-8-25(9-6-13)17(26)3-2-14-10-16(20)24-27-14/h4,7,10-11,13H,2-3,5-6,8-9H2,1H3. The fraction of sp³-hybridized carbons (Fsp3) is 0.421. The van der Waals surface area contributed by atoms with Crippen LogP contribution in [0, 0.1) is 6.92 Å². The highest BCUT2D eigenvalue weighted by Gasteiger charge is 2.26. The van der Waals surface area contributed by atoms with Crippen molar-refractivity contribution in [2.45, 2.75) is 38.5 Å². The summed E-state index contributed by atoms with van der Waals surface area (Å²) >= 11 is 7.44. The third kappa shape index (κ3) is 4.23. The molecule has 1 amide bonds. The molecule has 0 radical (unpaired) electrons. The average molecular weight is 418 g/mol. The van der Waals surface area contributed by atoms with E-state index >= 15 is 0 Å². The van der Waals surface area contributed by atoms with Crippen molar-refractivity contribution >= 4 is 28.8 Å². The van der Waals surface area contributed by atoms with E-state index in [0.29, 0.717) is 29.7 Å². The first kappa shape index (κ1) is 19.0. The maximum absolute atomic E-state index is 12.5. The Morgan fingerprint density at radius 1 is 1.39 bits per heavy atom. The predicted octanol–water partition coefficient (Wildman–Crippen LogP) is 3.89. The topological polar surface area (TPSA) is 85.0 Å².